The molecule has 1 aliphatic heterocycles. The quantitative estimate of drug-likeness (QED) is 0.841. The van der Waals surface area contributed by atoms with Crippen molar-refractivity contribution in [1.29, 1.82) is 0 Å². The van der Waals surface area contributed by atoms with Crippen molar-refractivity contribution in [3.63, 3.8) is 0 Å². The van der Waals surface area contributed by atoms with Crippen molar-refractivity contribution in [2.24, 2.45) is 0 Å². The Morgan fingerprint density at radius 3 is 2.81 bits per heavy atom. The summed E-state index contributed by atoms with van der Waals surface area (Å²) in [6, 6.07) is 6.25. The van der Waals surface area contributed by atoms with Crippen molar-refractivity contribution in [2.75, 3.05) is 26.9 Å². The second-order valence-electron chi connectivity index (χ2n) is 6.75. The lowest BCUT2D eigenvalue weighted by Crippen LogP contribution is -2.44. The number of carbonyl (C=O) groups is 1. The van der Waals surface area contributed by atoms with Gasteiger partial charge in [-0.15, -0.1) is 11.3 Å². The van der Waals surface area contributed by atoms with Crippen molar-refractivity contribution >= 4 is 17.2 Å². The van der Waals surface area contributed by atoms with Gasteiger partial charge in [0, 0.05) is 30.7 Å². The summed E-state index contributed by atoms with van der Waals surface area (Å²) >= 11 is 1.46. The summed E-state index contributed by atoms with van der Waals surface area (Å²) in [5, 5.41) is 4.12. The Balaban J connectivity index is 1.84. The third kappa shape index (κ3) is 3.91. The zero-order chi connectivity index (χ0) is 18.6. The van der Waals surface area contributed by atoms with Crippen LogP contribution in [0.4, 0.5) is 0 Å². The van der Waals surface area contributed by atoms with E-state index in [9.17, 15) is 4.79 Å². The van der Waals surface area contributed by atoms with Crippen molar-refractivity contribution in [2.45, 2.75) is 38.5 Å². The molecule has 0 bridgehead atoms. The zero-order valence-corrected chi connectivity index (χ0v) is 16.4. The highest BCUT2D eigenvalue weighted by Gasteiger charge is 2.37. The number of aromatic nitrogens is 1. The van der Waals surface area contributed by atoms with Crippen molar-refractivity contribution in [1.82, 2.24) is 10.3 Å². The maximum absolute atomic E-state index is 12.6. The number of thiazole rings is 1. The highest BCUT2D eigenvalue weighted by molar-refractivity contribution is 7.13. The fraction of sp³-hybridized carbons (Fsp3) is 0.500. The van der Waals surface area contributed by atoms with Crippen LogP contribution in [-0.4, -0.2) is 37.8 Å². The number of hydrogen-bond donors (Lipinski definition) is 1. The highest BCUT2D eigenvalue weighted by atomic mass is 32.1. The summed E-state index contributed by atoms with van der Waals surface area (Å²) in [6.07, 6.45) is 4.23. The van der Waals surface area contributed by atoms with Crippen LogP contribution < -0.4 is 10.1 Å². The fourth-order valence-corrected chi connectivity index (χ4v) is 4.23. The summed E-state index contributed by atoms with van der Waals surface area (Å²) in [5.74, 6) is 0.817. The first kappa shape index (κ1) is 18.9. The number of nitrogens with zero attached hydrogens (tertiary/aromatic N) is 1. The molecule has 1 saturated heterocycles. The minimum Gasteiger partial charge on any atom is -0.496 e. The number of ether oxygens (including phenoxy) is 2. The number of carbonyl (C=O) groups excluding carboxylic acids is 1. The molecule has 0 saturated carbocycles. The average Bonchev–Trinajstić information content (AvgIpc) is 3.16. The molecule has 1 fully saturated rings. The normalized spacial score (nSPS) is 16.3. The van der Waals surface area contributed by atoms with Crippen LogP contribution in [0, 0.1) is 6.92 Å². The third-order valence-corrected chi connectivity index (χ3v) is 6.18. The predicted molar refractivity (Wildman–Crippen MR) is 103 cm³/mol. The van der Waals surface area contributed by atoms with Gasteiger partial charge in [0.15, 0.2) is 0 Å². The minimum atomic E-state index is -0.177. The van der Waals surface area contributed by atoms with Gasteiger partial charge in [-0.2, -0.15) is 0 Å². The molecule has 0 aliphatic carbocycles. The van der Waals surface area contributed by atoms with Gasteiger partial charge in [0.05, 0.1) is 18.3 Å². The number of methoxy groups -OCH3 is 1. The molecule has 2 heterocycles. The predicted octanol–water partition coefficient (Wildman–Crippen LogP) is 3.50. The lowest BCUT2D eigenvalue weighted by atomic mass is 9.73. The molecule has 0 spiro atoms. The molecule has 3 rings (SSSR count). The minimum absolute atomic E-state index is 0.0558. The summed E-state index contributed by atoms with van der Waals surface area (Å²) in [6.45, 7) is 6.06. The maximum atomic E-state index is 12.6. The van der Waals surface area contributed by atoms with Gasteiger partial charge >= 0.3 is 0 Å². The molecular weight excluding hydrogens is 348 g/mol. The lowest BCUT2D eigenvalue weighted by molar-refractivity contribution is 0.0479. The zero-order valence-electron chi connectivity index (χ0n) is 15.6. The van der Waals surface area contributed by atoms with Gasteiger partial charge in [-0.05, 0) is 32.3 Å². The van der Waals surface area contributed by atoms with Crippen LogP contribution in [0.3, 0.4) is 0 Å². The molecule has 26 heavy (non-hydrogen) atoms. The number of hydrogen-bond acceptors (Lipinski definition) is 5. The van der Waals surface area contributed by atoms with Gasteiger partial charge < -0.3 is 14.8 Å². The van der Waals surface area contributed by atoms with Crippen LogP contribution in [0.1, 0.15) is 45.6 Å². The molecule has 1 N–H and O–H groups in total. The summed E-state index contributed by atoms with van der Waals surface area (Å²) < 4.78 is 11.2. The van der Waals surface area contributed by atoms with E-state index in [1.54, 1.807) is 13.3 Å². The number of rotatable bonds is 6. The molecule has 2 aromatic rings. The van der Waals surface area contributed by atoms with Gasteiger partial charge in [-0.1, -0.05) is 24.6 Å². The molecule has 1 aliphatic rings. The Bertz CT molecular complexity index is 766. The number of benzene rings is 1. The molecule has 0 unspecified atom stereocenters. The first-order valence-electron chi connectivity index (χ1n) is 9.04. The van der Waals surface area contributed by atoms with E-state index in [-0.39, 0.29) is 11.3 Å². The second kappa shape index (κ2) is 8.18. The molecule has 0 atom stereocenters. The van der Waals surface area contributed by atoms with Crippen LogP contribution in [0.5, 0.6) is 5.75 Å². The molecule has 5 nitrogen and oxygen atoms in total. The monoisotopic (exact) mass is 374 g/mol. The highest BCUT2D eigenvalue weighted by Crippen LogP contribution is 2.40. The van der Waals surface area contributed by atoms with E-state index in [2.05, 4.69) is 29.4 Å². The van der Waals surface area contributed by atoms with Gasteiger partial charge in [0.25, 0.3) is 5.91 Å². The van der Waals surface area contributed by atoms with E-state index in [1.165, 1.54) is 16.9 Å². The van der Waals surface area contributed by atoms with Crippen LogP contribution in [0.15, 0.2) is 24.4 Å². The lowest BCUT2D eigenvalue weighted by Gasteiger charge is -2.38. The smallest absolute Gasteiger partial charge is 0.263 e. The second-order valence-corrected chi connectivity index (χ2v) is 7.87. The van der Waals surface area contributed by atoms with Gasteiger partial charge in [-0.25, -0.2) is 4.98 Å². The molecule has 0 radical (unpaired) electrons. The Kier molecular flexibility index (Phi) is 5.94. The summed E-state index contributed by atoms with van der Waals surface area (Å²) in [5.41, 5.74) is 2.17. The van der Waals surface area contributed by atoms with E-state index in [0.29, 0.717) is 24.6 Å². The van der Waals surface area contributed by atoms with Gasteiger partial charge in [0.1, 0.15) is 10.6 Å². The summed E-state index contributed by atoms with van der Waals surface area (Å²) in [4.78, 5) is 17.6. The summed E-state index contributed by atoms with van der Waals surface area (Å²) in [7, 11) is 1.70. The SMILES string of the molecule is CCc1ncc(C(=O)NCC2(c3cc(C)ccc3OC)CCOCC2)s1. The van der Waals surface area contributed by atoms with Crippen LogP contribution >= 0.6 is 11.3 Å². The van der Waals surface area contributed by atoms with Crippen LogP contribution in [0.2, 0.25) is 0 Å². The standard InChI is InChI=1S/C20H26N2O3S/c1-4-18-21-12-17(26-18)19(23)22-13-20(7-9-25-10-8-20)15-11-14(2)5-6-16(15)24-3/h5-6,11-12H,4,7-10,13H2,1-3H3,(H,22,23). The van der Waals surface area contributed by atoms with Crippen molar-refractivity contribution < 1.29 is 14.3 Å². The van der Waals surface area contributed by atoms with Gasteiger partial charge in [-0.3, -0.25) is 4.79 Å². The topological polar surface area (TPSA) is 60.5 Å². The Morgan fingerprint density at radius 2 is 2.15 bits per heavy atom. The van der Waals surface area contributed by atoms with Gasteiger partial charge in [0.2, 0.25) is 0 Å². The van der Waals surface area contributed by atoms with Crippen molar-refractivity contribution in [3.8, 4) is 5.75 Å². The Morgan fingerprint density at radius 1 is 1.38 bits per heavy atom. The Labute approximate surface area is 158 Å². The van der Waals surface area contributed by atoms with E-state index >= 15 is 0 Å². The number of aryl methyl sites for hydroxylation is 2. The molecule has 140 valence electrons. The first-order valence-corrected chi connectivity index (χ1v) is 9.85. The number of nitrogens with one attached hydrogen (secondary N) is 1. The number of amides is 1. The third-order valence-electron chi connectivity index (χ3n) is 5.04. The van der Waals surface area contributed by atoms with Crippen molar-refractivity contribution in [3.05, 3.63) is 45.4 Å². The Hall–Kier alpha value is -1.92. The average molecular weight is 375 g/mol. The first-order chi connectivity index (χ1) is 12.6. The van der Waals surface area contributed by atoms with E-state index < -0.39 is 0 Å². The molecular formula is C20H26N2O3S. The van der Waals surface area contributed by atoms with Crippen LogP contribution in [0.25, 0.3) is 0 Å². The molecule has 1 aromatic heterocycles. The largest absolute Gasteiger partial charge is 0.496 e. The molecule has 6 heteroatoms. The van der Waals surface area contributed by atoms with Crippen LogP contribution in [-0.2, 0) is 16.6 Å². The molecule has 1 aromatic carbocycles. The fourth-order valence-electron chi connectivity index (χ4n) is 3.46. The van der Waals surface area contributed by atoms with E-state index in [1.807, 2.05) is 13.0 Å². The van der Waals surface area contributed by atoms with E-state index in [0.717, 1.165) is 35.6 Å². The maximum Gasteiger partial charge on any atom is 0.263 e. The molecule has 1 amide bonds. The van der Waals surface area contributed by atoms with E-state index in [4.69, 9.17) is 9.47 Å².